The fraction of sp³-hybridized carbons (Fsp3) is 0.238. The van der Waals surface area contributed by atoms with Gasteiger partial charge < -0.3 is 4.74 Å². The smallest absolute Gasteiger partial charge is 0.252 e. The molecule has 3 aromatic rings. The van der Waals surface area contributed by atoms with Gasteiger partial charge in [0.1, 0.15) is 0 Å². The maximum Gasteiger partial charge on any atom is 0.252 e. The Morgan fingerprint density at radius 2 is 2.15 bits per heavy atom. The van der Waals surface area contributed by atoms with E-state index in [9.17, 15) is 4.79 Å². The Labute approximate surface area is 170 Å². The number of carbonyl (C=O) groups is 1. The van der Waals surface area contributed by atoms with Crippen LogP contribution < -0.4 is 4.90 Å². The van der Waals surface area contributed by atoms with Gasteiger partial charge in [0, 0.05) is 17.2 Å². The van der Waals surface area contributed by atoms with Crippen LogP contribution in [0.5, 0.6) is 0 Å². The van der Waals surface area contributed by atoms with Gasteiger partial charge in [-0.2, -0.15) is 0 Å². The molecule has 1 fully saturated rings. The van der Waals surface area contributed by atoms with Crippen molar-refractivity contribution in [1.82, 2.24) is 4.98 Å². The largest absolute Gasteiger partial charge is 0.376 e. The van der Waals surface area contributed by atoms with Gasteiger partial charge >= 0.3 is 0 Å². The molecule has 1 saturated heterocycles. The van der Waals surface area contributed by atoms with E-state index in [0.717, 1.165) is 39.7 Å². The summed E-state index contributed by atoms with van der Waals surface area (Å²) in [5, 5.41) is 0.710. The van der Waals surface area contributed by atoms with Crippen LogP contribution in [0, 0.1) is 0 Å². The topological polar surface area (TPSA) is 42.4 Å². The number of benzene rings is 2. The second-order valence-corrected chi connectivity index (χ2v) is 8.36. The molecule has 1 amide bonds. The highest BCUT2D eigenvalue weighted by Crippen LogP contribution is 2.32. The molecule has 0 radical (unpaired) electrons. The first kappa shape index (κ1) is 18.3. The maximum atomic E-state index is 13.0. The van der Waals surface area contributed by atoms with Gasteiger partial charge in [-0.25, -0.2) is 4.98 Å². The lowest BCUT2D eigenvalue weighted by Crippen LogP contribution is -2.36. The lowest BCUT2D eigenvalue weighted by atomic mass is 10.2. The molecule has 1 aromatic heterocycles. The molecule has 0 spiro atoms. The van der Waals surface area contributed by atoms with Crippen LogP contribution in [0.4, 0.5) is 5.13 Å². The first-order valence-electron chi connectivity index (χ1n) is 8.91. The Morgan fingerprint density at radius 3 is 2.93 bits per heavy atom. The molecule has 4 rings (SSSR count). The number of rotatable bonds is 5. The van der Waals surface area contributed by atoms with E-state index >= 15 is 0 Å². The number of hydrogen-bond acceptors (Lipinski definition) is 4. The number of amides is 1. The van der Waals surface area contributed by atoms with Crippen LogP contribution in [0.1, 0.15) is 18.4 Å². The lowest BCUT2D eigenvalue weighted by molar-refractivity contribution is -0.114. The van der Waals surface area contributed by atoms with Crippen LogP contribution in [0.2, 0.25) is 0 Å². The zero-order valence-corrected chi connectivity index (χ0v) is 17.1. The number of fused-ring (bicyclic) bond motifs is 1. The van der Waals surface area contributed by atoms with Crippen LogP contribution >= 0.6 is 27.3 Å². The minimum atomic E-state index is -0.0764. The van der Waals surface area contributed by atoms with E-state index in [2.05, 4.69) is 20.9 Å². The molecule has 27 heavy (non-hydrogen) atoms. The third-order valence-electron chi connectivity index (χ3n) is 4.46. The van der Waals surface area contributed by atoms with E-state index in [1.54, 1.807) is 11.0 Å². The SMILES string of the molecule is O=C(/C=C/c1ccccc1)N(CC1CCCO1)c1nc2ccc(Br)cc2s1. The minimum absolute atomic E-state index is 0.0674. The van der Waals surface area contributed by atoms with Crippen molar-refractivity contribution < 1.29 is 9.53 Å². The van der Waals surface area contributed by atoms with E-state index in [-0.39, 0.29) is 12.0 Å². The van der Waals surface area contributed by atoms with Crippen molar-refractivity contribution in [3.05, 3.63) is 64.6 Å². The molecule has 1 unspecified atom stereocenters. The summed E-state index contributed by atoms with van der Waals surface area (Å²) in [6.45, 7) is 1.29. The fourth-order valence-electron chi connectivity index (χ4n) is 3.08. The average Bonchev–Trinajstić information content (AvgIpc) is 3.34. The van der Waals surface area contributed by atoms with Crippen molar-refractivity contribution in [3.63, 3.8) is 0 Å². The molecular weight excluding hydrogens is 424 g/mol. The summed E-state index contributed by atoms with van der Waals surface area (Å²) in [6.07, 6.45) is 5.54. The maximum absolute atomic E-state index is 13.0. The molecule has 6 heteroatoms. The first-order valence-corrected chi connectivity index (χ1v) is 10.5. The van der Waals surface area contributed by atoms with Crippen LogP contribution in [0.15, 0.2) is 59.1 Å². The molecule has 1 aliphatic heterocycles. The first-order chi connectivity index (χ1) is 13.2. The quantitative estimate of drug-likeness (QED) is 0.504. The predicted molar refractivity (Wildman–Crippen MR) is 114 cm³/mol. The Kier molecular flexibility index (Phi) is 5.66. The van der Waals surface area contributed by atoms with Gasteiger partial charge in [0.15, 0.2) is 5.13 Å². The van der Waals surface area contributed by atoms with Crippen LogP contribution in [0.25, 0.3) is 16.3 Å². The molecule has 2 heterocycles. The summed E-state index contributed by atoms with van der Waals surface area (Å²) >= 11 is 5.02. The van der Waals surface area contributed by atoms with Crippen molar-refractivity contribution in [2.24, 2.45) is 0 Å². The predicted octanol–water partition coefficient (Wildman–Crippen LogP) is 5.28. The molecule has 0 N–H and O–H groups in total. The summed E-state index contributed by atoms with van der Waals surface area (Å²) in [5.74, 6) is -0.0764. The monoisotopic (exact) mass is 442 g/mol. The molecule has 4 nitrogen and oxygen atoms in total. The zero-order valence-electron chi connectivity index (χ0n) is 14.7. The van der Waals surface area contributed by atoms with E-state index in [4.69, 9.17) is 4.74 Å². The summed E-state index contributed by atoms with van der Waals surface area (Å²) < 4.78 is 7.82. The minimum Gasteiger partial charge on any atom is -0.376 e. The van der Waals surface area contributed by atoms with Gasteiger partial charge in [0.05, 0.1) is 22.9 Å². The molecule has 0 aliphatic carbocycles. The zero-order chi connectivity index (χ0) is 18.6. The molecule has 0 bridgehead atoms. The molecular formula is C21H19BrN2O2S. The Balaban J connectivity index is 1.62. The van der Waals surface area contributed by atoms with Crippen LogP contribution in [0.3, 0.4) is 0 Å². The highest BCUT2D eigenvalue weighted by molar-refractivity contribution is 9.10. The molecule has 2 aromatic carbocycles. The molecule has 1 aliphatic rings. The number of anilines is 1. The number of ether oxygens (including phenoxy) is 1. The molecule has 1 atom stereocenters. The Hall–Kier alpha value is -2.02. The molecule has 138 valence electrons. The van der Waals surface area contributed by atoms with Gasteiger partial charge in [-0.1, -0.05) is 57.6 Å². The summed E-state index contributed by atoms with van der Waals surface area (Å²) in [6, 6.07) is 15.8. The number of thiazole rings is 1. The number of carbonyl (C=O) groups excluding carboxylic acids is 1. The molecule has 0 saturated carbocycles. The number of halogens is 1. The van der Waals surface area contributed by atoms with Crippen LogP contribution in [-0.2, 0) is 9.53 Å². The lowest BCUT2D eigenvalue weighted by Gasteiger charge is -2.21. The average molecular weight is 443 g/mol. The highest BCUT2D eigenvalue weighted by atomic mass is 79.9. The van der Waals surface area contributed by atoms with E-state index < -0.39 is 0 Å². The second kappa shape index (κ2) is 8.33. The number of hydrogen-bond donors (Lipinski definition) is 0. The third-order valence-corrected chi connectivity index (χ3v) is 6.00. The van der Waals surface area contributed by atoms with Gasteiger partial charge in [-0.05, 0) is 42.7 Å². The van der Waals surface area contributed by atoms with Crippen molar-refractivity contribution in [1.29, 1.82) is 0 Å². The van der Waals surface area contributed by atoms with Gasteiger partial charge in [-0.15, -0.1) is 0 Å². The van der Waals surface area contributed by atoms with Crippen LogP contribution in [-0.4, -0.2) is 30.1 Å². The normalized spacial score (nSPS) is 17.0. The van der Waals surface area contributed by atoms with Crippen molar-refractivity contribution in [2.75, 3.05) is 18.1 Å². The van der Waals surface area contributed by atoms with Gasteiger partial charge in [0.25, 0.3) is 5.91 Å². The third kappa shape index (κ3) is 4.46. The Morgan fingerprint density at radius 1 is 1.30 bits per heavy atom. The number of nitrogens with zero attached hydrogens (tertiary/aromatic N) is 2. The number of aromatic nitrogens is 1. The van der Waals surface area contributed by atoms with Gasteiger partial charge in [0.2, 0.25) is 0 Å². The van der Waals surface area contributed by atoms with E-state index in [1.165, 1.54) is 11.3 Å². The standard InChI is InChI=1S/C21H19BrN2O2S/c22-16-9-10-18-19(13-16)27-21(23-18)24(14-17-7-4-12-26-17)20(25)11-8-15-5-2-1-3-6-15/h1-3,5-6,8-11,13,17H,4,7,12,14H2/b11-8+. The van der Waals surface area contributed by atoms with Crippen molar-refractivity contribution in [3.8, 4) is 0 Å². The summed E-state index contributed by atoms with van der Waals surface area (Å²) in [7, 11) is 0. The van der Waals surface area contributed by atoms with E-state index in [1.807, 2.05) is 54.6 Å². The van der Waals surface area contributed by atoms with Crippen molar-refractivity contribution >= 4 is 54.6 Å². The van der Waals surface area contributed by atoms with Gasteiger partial charge in [-0.3, -0.25) is 9.69 Å². The summed E-state index contributed by atoms with van der Waals surface area (Å²) in [4.78, 5) is 19.4. The Bertz CT molecular complexity index is 965. The van der Waals surface area contributed by atoms with Crippen molar-refractivity contribution in [2.45, 2.75) is 18.9 Å². The summed E-state index contributed by atoms with van der Waals surface area (Å²) in [5.41, 5.74) is 1.89. The fourth-order valence-corrected chi connectivity index (χ4v) is 4.61. The second-order valence-electron chi connectivity index (χ2n) is 6.44. The highest BCUT2D eigenvalue weighted by Gasteiger charge is 2.25. The van der Waals surface area contributed by atoms with E-state index in [0.29, 0.717) is 11.7 Å².